The van der Waals surface area contributed by atoms with Gasteiger partial charge in [-0.05, 0) is 56.2 Å². The molecule has 55 heavy (non-hydrogen) atoms. The number of benzene rings is 4. The van der Waals surface area contributed by atoms with Gasteiger partial charge in [-0.3, -0.25) is 9.80 Å². The van der Waals surface area contributed by atoms with E-state index in [0.29, 0.717) is 45.9 Å². The fraction of sp³-hybridized carbons (Fsp3) is 0.372. The number of fused-ring (bicyclic) bond motifs is 2. The molecule has 8 rings (SSSR count). The summed E-state index contributed by atoms with van der Waals surface area (Å²) >= 11 is 0. The highest BCUT2D eigenvalue weighted by molar-refractivity contribution is 5.93. The molecule has 4 aliphatic rings. The number of carbonyl (C=O) groups is 3. The third-order valence-electron chi connectivity index (χ3n) is 10.1. The van der Waals surface area contributed by atoms with Crippen LogP contribution in [0.3, 0.4) is 0 Å². The van der Waals surface area contributed by atoms with E-state index in [-0.39, 0.29) is 24.9 Å². The van der Waals surface area contributed by atoms with E-state index >= 15 is 0 Å². The van der Waals surface area contributed by atoms with Crippen LogP contribution in [0.25, 0.3) is 0 Å². The van der Waals surface area contributed by atoms with E-state index in [4.69, 9.17) is 14.2 Å². The van der Waals surface area contributed by atoms with Crippen LogP contribution in [0.2, 0.25) is 0 Å². The molecule has 0 atom stereocenters. The number of piperazine rings is 2. The number of nitrogens with one attached hydrogen (secondary N) is 1. The second-order valence-electron chi connectivity index (χ2n) is 15.0. The van der Waals surface area contributed by atoms with Crippen molar-refractivity contribution in [3.05, 3.63) is 119 Å². The van der Waals surface area contributed by atoms with Crippen molar-refractivity contribution in [1.82, 2.24) is 10.2 Å². The number of anilines is 4. The maximum Gasteiger partial charge on any atom is 0.414 e. The molecule has 4 aromatic rings. The molecule has 0 spiro atoms. The zero-order chi connectivity index (χ0) is 38.4. The summed E-state index contributed by atoms with van der Waals surface area (Å²) in [7, 11) is 0. The van der Waals surface area contributed by atoms with Gasteiger partial charge in [0.1, 0.15) is 18.8 Å². The average Bonchev–Trinajstić information content (AvgIpc) is 3.20. The second kappa shape index (κ2) is 16.7. The third kappa shape index (κ3) is 8.97. The maximum atomic E-state index is 12.5. The van der Waals surface area contributed by atoms with Crippen molar-refractivity contribution in [3.8, 4) is 0 Å². The molecule has 12 heteroatoms. The Morgan fingerprint density at radius 2 is 1.04 bits per heavy atom. The number of rotatable bonds is 6. The third-order valence-corrected chi connectivity index (χ3v) is 10.1. The van der Waals surface area contributed by atoms with Gasteiger partial charge in [0.15, 0.2) is 0 Å². The minimum absolute atomic E-state index is 0.252. The first-order valence-corrected chi connectivity index (χ1v) is 19.0. The Hall–Kier alpha value is -5.75. The minimum atomic E-state index is -0.501. The molecule has 0 aliphatic carbocycles. The number of hydrogen-bond donors (Lipinski definition) is 1. The summed E-state index contributed by atoms with van der Waals surface area (Å²) in [6.45, 7) is 13.7. The molecule has 4 aliphatic heterocycles. The topological polar surface area (TPSA) is 107 Å². The lowest BCUT2D eigenvalue weighted by Crippen LogP contribution is -2.50. The molecule has 12 nitrogen and oxygen atoms in total. The van der Waals surface area contributed by atoms with Crippen LogP contribution in [0.15, 0.2) is 97.1 Å². The standard InChI is InChI=1S/C24H29N3O4.C19H21N3O2/c1-24(2,3)31-22(28)26-14-12-25(13-15-26)20-10-7-11-21-19(20)17-30-23(29)27(21)16-18-8-5-4-6-9-18;23-19-22(13-15-5-2-1-3-6-15)18-8-4-7-17(16(18)14-24-19)21-11-9-20-10-12-21/h4-11H,12-17H2,1-3H3;1-8,20H,9-14H2. The second-order valence-corrected chi connectivity index (χ2v) is 15.0. The van der Waals surface area contributed by atoms with E-state index < -0.39 is 5.60 Å². The summed E-state index contributed by atoms with van der Waals surface area (Å²) < 4.78 is 16.5. The quantitative estimate of drug-likeness (QED) is 0.206. The molecular formula is C43H50N6O6. The van der Waals surface area contributed by atoms with E-state index in [1.54, 1.807) is 14.7 Å². The fourth-order valence-corrected chi connectivity index (χ4v) is 7.33. The van der Waals surface area contributed by atoms with Gasteiger partial charge in [-0.2, -0.15) is 0 Å². The van der Waals surface area contributed by atoms with Gasteiger partial charge in [0.05, 0.1) is 24.5 Å². The van der Waals surface area contributed by atoms with Gasteiger partial charge in [0, 0.05) is 74.9 Å². The molecule has 0 unspecified atom stereocenters. The predicted molar refractivity (Wildman–Crippen MR) is 214 cm³/mol. The van der Waals surface area contributed by atoms with Crippen molar-refractivity contribution in [2.24, 2.45) is 0 Å². The molecule has 2 saturated heterocycles. The van der Waals surface area contributed by atoms with Crippen LogP contribution in [0.5, 0.6) is 0 Å². The molecule has 2 fully saturated rings. The molecule has 0 bridgehead atoms. The summed E-state index contributed by atoms with van der Waals surface area (Å²) in [4.78, 5) is 47.0. The molecular weight excluding hydrogens is 697 g/mol. The summed E-state index contributed by atoms with van der Waals surface area (Å²) in [5, 5.41) is 3.38. The van der Waals surface area contributed by atoms with Gasteiger partial charge in [0.2, 0.25) is 0 Å². The molecule has 0 saturated carbocycles. The number of carbonyl (C=O) groups excluding carboxylic acids is 3. The van der Waals surface area contributed by atoms with Crippen LogP contribution in [0.4, 0.5) is 37.1 Å². The van der Waals surface area contributed by atoms with Crippen LogP contribution in [-0.4, -0.2) is 81.1 Å². The van der Waals surface area contributed by atoms with Gasteiger partial charge in [0.25, 0.3) is 0 Å². The Morgan fingerprint density at radius 1 is 0.600 bits per heavy atom. The van der Waals surface area contributed by atoms with Crippen LogP contribution in [0, 0.1) is 0 Å². The van der Waals surface area contributed by atoms with Crippen molar-refractivity contribution in [1.29, 1.82) is 0 Å². The van der Waals surface area contributed by atoms with E-state index in [1.807, 2.05) is 106 Å². The fourth-order valence-electron chi connectivity index (χ4n) is 7.33. The van der Waals surface area contributed by atoms with Gasteiger partial charge in [-0.1, -0.05) is 72.8 Å². The van der Waals surface area contributed by atoms with Crippen LogP contribution >= 0.6 is 0 Å². The molecule has 4 heterocycles. The minimum Gasteiger partial charge on any atom is -0.444 e. The maximum absolute atomic E-state index is 12.5. The largest absolute Gasteiger partial charge is 0.444 e. The lowest BCUT2D eigenvalue weighted by atomic mass is 10.1. The highest BCUT2D eigenvalue weighted by atomic mass is 16.6. The highest BCUT2D eigenvalue weighted by Gasteiger charge is 2.32. The van der Waals surface area contributed by atoms with Gasteiger partial charge in [-0.15, -0.1) is 0 Å². The van der Waals surface area contributed by atoms with Crippen molar-refractivity contribution in [2.75, 3.05) is 72.0 Å². The Kier molecular flexibility index (Phi) is 11.4. The average molecular weight is 747 g/mol. The monoisotopic (exact) mass is 746 g/mol. The summed E-state index contributed by atoms with van der Waals surface area (Å²) in [5.74, 6) is 0. The predicted octanol–water partition coefficient (Wildman–Crippen LogP) is 7.15. The normalized spacial score (nSPS) is 17.0. The summed E-state index contributed by atoms with van der Waals surface area (Å²) in [6.07, 6.45) is -0.878. The Morgan fingerprint density at radius 3 is 1.49 bits per heavy atom. The van der Waals surface area contributed by atoms with Crippen molar-refractivity contribution < 1.29 is 28.6 Å². The Balaban J connectivity index is 0.000000174. The number of nitrogens with zero attached hydrogens (tertiary/aromatic N) is 5. The van der Waals surface area contributed by atoms with Gasteiger partial charge >= 0.3 is 18.3 Å². The number of hydrogen-bond acceptors (Lipinski definition) is 9. The van der Waals surface area contributed by atoms with Crippen molar-refractivity contribution >= 4 is 41.0 Å². The highest BCUT2D eigenvalue weighted by Crippen LogP contribution is 2.37. The van der Waals surface area contributed by atoms with E-state index in [1.165, 1.54) is 5.69 Å². The zero-order valence-corrected chi connectivity index (χ0v) is 31.9. The molecule has 3 amide bonds. The lowest BCUT2D eigenvalue weighted by molar-refractivity contribution is 0.0240. The van der Waals surface area contributed by atoms with Crippen molar-refractivity contribution in [2.45, 2.75) is 52.7 Å². The first-order chi connectivity index (χ1) is 26.6. The number of cyclic esters (lactones) is 2. The van der Waals surface area contributed by atoms with Crippen LogP contribution in [-0.2, 0) is 40.5 Å². The van der Waals surface area contributed by atoms with Gasteiger partial charge in [-0.25, -0.2) is 14.4 Å². The van der Waals surface area contributed by atoms with Crippen LogP contribution in [0.1, 0.15) is 43.0 Å². The van der Waals surface area contributed by atoms with Crippen molar-refractivity contribution in [3.63, 3.8) is 0 Å². The summed E-state index contributed by atoms with van der Waals surface area (Å²) in [6, 6.07) is 32.1. The zero-order valence-electron chi connectivity index (χ0n) is 31.9. The molecule has 288 valence electrons. The molecule has 1 N–H and O–H groups in total. The molecule has 4 aromatic carbocycles. The lowest BCUT2D eigenvalue weighted by Gasteiger charge is -2.39. The molecule has 0 aromatic heterocycles. The van der Waals surface area contributed by atoms with Gasteiger partial charge < -0.3 is 34.2 Å². The van der Waals surface area contributed by atoms with E-state index in [9.17, 15) is 14.4 Å². The Bertz CT molecular complexity index is 1960. The molecule has 0 radical (unpaired) electrons. The smallest absolute Gasteiger partial charge is 0.414 e. The van der Waals surface area contributed by atoms with E-state index in [2.05, 4.69) is 27.2 Å². The number of ether oxygens (including phenoxy) is 3. The first-order valence-electron chi connectivity index (χ1n) is 19.0. The Labute approximate surface area is 323 Å². The number of amides is 3. The van der Waals surface area contributed by atoms with Crippen LogP contribution < -0.4 is 24.9 Å². The summed E-state index contributed by atoms with van der Waals surface area (Å²) in [5.41, 5.74) is 7.82. The first kappa shape index (κ1) is 37.6. The van der Waals surface area contributed by atoms with E-state index in [0.717, 1.165) is 65.5 Å². The SMILES string of the molecule is CC(C)(C)OC(=O)N1CCN(c2cccc3c2COC(=O)N3Cc2ccccc2)CC1.O=C1OCc2c(N3CCNCC3)cccc2N1Cc1ccccc1.